The molecular formula is C22H22N4O3. The van der Waals surface area contributed by atoms with E-state index in [9.17, 15) is 14.9 Å². The predicted octanol–water partition coefficient (Wildman–Crippen LogP) is 3.72. The second-order valence-corrected chi connectivity index (χ2v) is 7.34. The van der Waals surface area contributed by atoms with Gasteiger partial charge in [-0.2, -0.15) is 0 Å². The first-order chi connectivity index (χ1) is 13.9. The van der Waals surface area contributed by atoms with Crippen LogP contribution in [0.3, 0.4) is 0 Å². The molecule has 0 aliphatic carbocycles. The average Bonchev–Trinajstić information content (AvgIpc) is 2.73. The lowest BCUT2D eigenvalue weighted by Crippen LogP contribution is -2.49. The first kappa shape index (κ1) is 18.9. The molecule has 0 atom stereocenters. The second kappa shape index (κ2) is 7.50. The Bertz CT molecular complexity index is 1100. The monoisotopic (exact) mass is 390 g/mol. The van der Waals surface area contributed by atoms with Crippen molar-refractivity contribution in [2.75, 3.05) is 31.1 Å². The Morgan fingerprint density at radius 1 is 1.03 bits per heavy atom. The van der Waals surface area contributed by atoms with Crippen LogP contribution in [0.2, 0.25) is 0 Å². The van der Waals surface area contributed by atoms with Gasteiger partial charge in [0.25, 0.3) is 11.6 Å². The molecule has 0 radical (unpaired) electrons. The maximum Gasteiger partial charge on any atom is 0.292 e. The van der Waals surface area contributed by atoms with Gasteiger partial charge in [0.1, 0.15) is 5.69 Å². The highest BCUT2D eigenvalue weighted by atomic mass is 16.6. The molecule has 1 amide bonds. The van der Waals surface area contributed by atoms with Crippen LogP contribution < -0.4 is 4.90 Å². The minimum absolute atomic E-state index is 0.0411. The average molecular weight is 390 g/mol. The largest absolute Gasteiger partial charge is 0.362 e. The summed E-state index contributed by atoms with van der Waals surface area (Å²) in [6, 6.07) is 14.7. The zero-order chi connectivity index (χ0) is 20.5. The Labute approximate surface area is 168 Å². The molecule has 0 spiro atoms. The molecule has 4 rings (SSSR count). The Morgan fingerprint density at radius 3 is 2.48 bits per heavy atom. The number of nitro groups is 1. The molecule has 29 heavy (non-hydrogen) atoms. The number of pyridine rings is 1. The number of para-hydroxylation sites is 2. The molecule has 1 saturated heterocycles. The molecular weight excluding hydrogens is 368 g/mol. The summed E-state index contributed by atoms with van der Waals surface area (Å²) >= 11 is 0. The molecule has 148 valence electrons. The van der Waals surface area contributed by atoms with Crippen molar-refractivity contribution >= 4 is 28.2 Å². The Hall–Kier alpha value is -3.48. The molecule has 7 nitrogen and oxygen atoms in total. The van der Waals surface area contributed by atoms with Gasteiger partial charge in [0.2, 0.25) is 0 Å². The van der Waals surface area contributed by atoms with Crippen molar-refractivity contribution in [2.45, 2.75) is 13.8 Å². The van der Waals surface area contributed by atoms with Crippen LogP contribution >= 0.6 is 0 Å². The molecule has 0 unspecified atom stereocenters. The second-order valence-electron chi connectivity index (χ2n) is 7.34. The topological polar surface area (TPSA) is 79.6 Å². The highest BCUT2D eigenvalue weighted by Crippen LogP contribution is 2.28. The van der Waals surface area contributed by atoms with Crippen molar-refractivity contribution < 1.29 is 9.72 Å². The van der Waals surface area contributed by atoms with Gasteiger partial charge in [0, 0.05) is 37.6 Å². The lowest BCUT2D eigenvalue weighted by atomic mass is 10.1. The van der Waals surface area contributed by atoms with Gasteiger partial charge in [-0.05, 0) is 38.1 Å². The van der Waals surface area contributed by atoms with Crippen molar-refractivity contribution in [3.8, 4) is 0 Å². The van der Waals surface area contributed by atoms with E-state index >= 15 is 0 Å². The van der Waals surface area contributed by atoms with E-state index in [0.29, 0.717) is 43.1 Å². The summed E-state index contributed by atoms with van der Waals surface area (Å²) in [6.07, 6.45) is 0. The van der Waals surface area contributed by atoms with Crippen LogP contribution in [-0.2, 0) is 0 Å². The van der Waals surface area contributed by atoms with Crippen LogP contribution in [-0.4, -0.2) is 46.9 Å². The smallest absolute Gasteiger partial charge is 0.292 e. The number of hydrogen-bond donors (Lipinski definition) is 0. The van der Waals surface area contributed by atoms with Gasteiger partial charge >= 0.3 is 0 Å². The number of nitro benzene ring substituents is 1. The molecule has 1 aliphatic heterocycles. The zero-order valence-corrected chi connectivity index (χ0v) is 16.5. The summed E-state index contributed by atoms with van der Waals surface area (Å²) in [5.74, 6) is -0.0411. The number of anilines is 1. The summed E-state index contributed by atoms with van der Waals surface area (Å²) in [7, 11) is 0. The number of carbonyl (C=O) groups excluding carboxylic acids is 1. The van der Waals surface area contributed by atoms with E-state index in [1.165, 1.54) is 6.07 Å². The molecule has 0 saturated carbocycles. The van der Waals surface area contributed by atoms with E-state index in [-0.39, 0.29) is 16.5 Å². The van der Waals surface area contributed by atoms with Crippen molar-refractivity contribution in [1.82, 2.24) is 9.88 Å². The molecule has 2 aromatic carbocycles. The van der Waals surface area contributed by atoms with Crippen LogP contribution in [0.5, 0.6) is 0 Å². The van der Waals surface area contributed by atoms with Gasteiger partial charge in [-0.25, -0.2) is 0 Å². The molecule has 0 N–H and O–H groups in total. The van der Waals surface area contributed by atoms with Gasteiger partial charge < -0.3 is 9.80 Å². The van der Waals surface area contributed by atoms with E-state index in [4.69, 9.17) is 0 Å². The predicted molar refractivity (Wildman–Crippen MR) is 112 cm³/mol. The number of hydrogen-bond acceptors (Lipinski definition) is 5. The van der Waals surface area contributed by atoms with Crippen LogP contribution in [0.1, 0.15) is 21.6 Å². The first-order valence-corrected chi connectivity index (χ1v) is 9.59. The molecule has 7 heteroatoms. The van der Waals surface area contributed by atoms with E-state index in [2.05, 4.69) is 4.98 Å². The minimum Gasteiger partial charge on any atom is -0.362 e. The fraction of sp³-hybridized carbons (Fsp3) is 0.273. The molecule has 1 fully saturated rings. The number of aromatic nitrogens is 1. The molecule has 2 heterocycles. The van der Waals surface area contributed by atoms with Crippen molar-refractivity contribution in [3.05, 3.63) is 75.5 Å². The van der Waals surface area contributed by atoms with Gasteiger partial charge in [-0.1, -0.05) is 23.8 Å². The number of benzene rings is 2. The molecule has 1 aliphatic rings. The third-order valence-corrected chi connectivity index (χ3v) is 5.38. The van der Waals surface area contributed by atoms with Crippen molar-refractivity contribution in [1.29, 1.82) is 0 Å². The highest BCUT2D eigenvalue weighted by molar-refractivity contribution is 5.98. The number of aryl methyl sites for hydroxylation is 2. The third kappa shape index (κ3) is 3.63. The van der Waals surface area contributed by atoms with Crippen molar-refractivity contribution in [2.24, 2.45) is 0 Å². The Kier molecular flexibility index (Phi) is 4.88. The Morgan fingerprint density at radius 2 is 1.76 bits per heavy atom. The van der Waals surface area contributed by atoms with Crippen LogP contribution in [0, 0.1) is 24.0 Å². The first-order valence-electron chi connectivity index (χ1n) is 9.59. The third-order valence-electron chi connectivity index (χ3n) is 5.38. The fourth-order valence-electron chi connectivity index (χ4n) is 3.82. The standard InChI is InChI=1S/C22H22N4O3/c1-15-7-8-19-17(13-15)14-18(16(2)23-19)22(27)25-11-9-24(10-12-25)20-5-3-4-6-21(20)26(28)29/h3-8,13-14H,9-12H2,1-2H3. The number of rotatable bonds is 3. The molecule has 1 aromatic heterocycles. The molecule has 3 aromatic rings. The van der Waals surface area contributed by atoms with Crippen LogP contribution in [0.25, 0.3) is 10.9 Å². The van der Waals surface area contributed by atoms with Crippen LogP contribution in [0.4, 0.5) is 11.4 Å². The number of fused-ring (bicyclic) bond motifs is 1. The van der Waals surface area contributed by atoms with E-state index in [0.717, 1.165) is 16.5 Å². The number of nitrogens with zero attached hydrogens (tertiary/aromatic N) is 4. The van der Waals surface area contributed by atoms with Crippen LogP contribution in [0.15, 0.2) is 48.5 Å². The minimum atomic E-state index is -0.362. The Balaban J connectivity index is 1.53. The fourth-order valence-corrected chi connectivity index (χ4v) is 3.82. The quantitative estimate of drug-likeness (QED) is 0.503. The van der Waals surface area contributed by atoms with E-state index < -0.39 is 0 Å². The lowest BCUT2D eigenvalue weighted by Gasteiger charge is -2.36. The van der Waals surface area contributed by atoms with Gasteiger partial charge in [-0.3, -0.25) is 19.9 Å². The zero-order valence-electron chi connectivity index (χ0n) is 16.5. The lowest BCUT2D eigenvalue weighted by molar-refractivity contribution is -0.384. The normalized spacial score (nSPS) is 14.3. The molecule has 0 bridgehead atoms. The number of amides is 1. The van der Waals surface area contributed by atoms with Gasteiger partial charge in [-0.15, -0.1) is 0 Å². The number of carbonyl (C=O) groups is 1. The number of piperazine rings is 1. The maximum absolute atomic E-state index is 13.1. The SMILES string of the molecule is Cc1ccc2nc(C)c(C(=O)N3CCN(c4ccccc4[N+](=O)[O-])CC3)cc2c1. The summed E-state index contributed by atoms with van der Waals surface area (Å²) in [6.45, 7) is 6.00. The van der Waals surface area contributed by atoms with E-state index in [1.54, 1.807) is 23.1 Å². The summed E-state index contributed by atoms with van der Waals surface area (Å²) < 4.78 is 0. The summed E-state index contributed by atoms with van der Waals surface area (Å²) in [5, 5.41) is 12.3. The maximum atomic E-state index is 13.1. The summed E-state index contributed by atoms with van der Waals surface area (Å²) in [5.41, 5.74) is 4.03. The van der Waals surface area contributed by atoms with E-state index in [1.807, 2.05) is 43.0 Å². The summed E-state index contributed by atoms with van der Waals surface area (Å²) in [4.78, 5) is 32.4. The van der Waals surface area contributed by atoms with Gasteiger partial charge in [0.15, 0.2) is 0 Å². The van der Waals surface area contributed by atoms with Crippen molar-refractivity contribution in [3.63, 3.8) is 0 Å². The van der Waals surface area contributed by atoms with Gasteiger partial charge in [0.05, 0.1) is 21.7 Å². The highest BCUT2D eigenvalue weighted by Gasteiger charge is 2.27.